The molecule has 0 saturated carbocycles. The average Bonchev–Trinajstić information content (AvgIpc) is 2.35. The van der Waals surface area contributed by atoms with Crippen LogP contribution < -0.4 is 10.6 Å². The Morgan fingerprint density at radius 2 is 1.90 bits per heavy atom. The first-order valence-electron chi connectivity index (χ1n) is 6.47. The monoisotopic (exact) mass is 279 g/mol. The molecular formula is C14H21N3O3. The molecule has 0 saturated heterocycles. The van der Waals surface area contributed by atoms with Crippen molar-refractivity contribution in [2.75, 3.05) is 6.54 Å². The number of nitrogens with one attached hydrogen (secondary N) is 2. The van der Waals surface area contributed by atoms with E-state index in [9.17, 15) is 9.59 Å². The third-order valence-corrected chi connectivity index (χ3v) is 2.84. The minimum atomic E-state index is -1.04. The lowest BCUT2D eigenvalue weighted by atomic mass is 9.87. The molecule has 1 rings (SSSR count). The molecule has 0 aliphatic rings. The van der Waals surface area contributed by atoms with E-state index in [1.807, 2.05) is 12.1 Å². The molecule has 0 aromatic carbocycles. The zero-order valence-electron chi connectivity index (χ0n) is 12.0. The Balaban J connectivity index is 2.41. The van der Waals surface area contributed by atoms with Crippen molar-refractivity contribution in [3.05, 3.63) is 30.1 Å². The molecule has 0 unspecified atom stereocenters. The molecule has 0 bridgehead atoms. The third-order valence-electron chi connectivity index (χ3n) is 2.84. The van der Waals surface area contributed by atoms with Gasteiger partial charge in [-0.15, -0.1) is 0 Å². The molecule has 0 aliphatic carbocycles. The minimum Gasteiger partial charge on any atom is -0.480 e. The molecule has 3 N–H and O–H groups in total. The Bertz CT molecular complexity index is 454. The maximum Gasteiger partial charge on any atom is 0.326 e. The van der Waals surface area contributed by atoms with Gasteiger partial charge in [-0.25, -0.2) is 9.59 Å². The Morgan fingerprint density at radius 1 is 1.30 bits per heavy atom. The second kappa shape index (κ2) is 6.88. The highest BCUT2D eigenvalue weighted by molar-refractivity contribution is 5.83. The quantitative estimate of drug-likeness (QED) is 0.760. The number of pyridine rings is 1. The van der Waals surface area contributed by atoms with E-state index < -0.39 is 23.5 Å². The summed E-state index contributed by atoms with van der Waals surface area (Å²) in [6.45, 7) is 5.74. The van der Waals surface area contributed by atoms with Crippen LogP contribution in [-0.2, 0) is 11.2 Å². The fourth-order valence-corrected chi connectivity index (χ4v) is 1.70. The van der Waals surface area contributed by atoms with Crippen LogP contribution in [0.2, 0.25) is 0 Å². The molecule has 1 atom stereocenters. The molecule has 6 heteroatoms. The van der Waals surface area contributed by atoms with Crippen LogP contribution in [0.4, 0.5) is 4.79 Å². The van der Waals surface area contributed by atoms with Crippen LogP contribution in [0.1, 0.15) is 26.3 Å². The Labute approximate surface area is 118 Å². The molecule has 1 heterocycles. The Morgan fingerprint density at radius 3 is 2.40 bits per heavy atom. The van der Waals surface area contributed by atoms with Crippen molar-refractivity contribution in [3.63, 3.8) is 0 Å². The second-order valence-corrected chi connectivity index (χ2v) is 5.64. The summed E-state index contributed by atoms with van der Waals surface area (Å²) in [5, 5.41) is 14.2. The molecule has 20 heavy (non-hydrogen) atoms. The predicted octanol–water partition coefficient (Wildman–Crippen LogP) is 1.42. The van der Waals surface area contributed by atoms with Crippen molar-refractivity contribution in [1.29, 1.82) is 0 Å². The lowest BCUT2D eigenvalue weighted by molar-refractivity contribution is -0.141. The normalized spacial score (nSPS) is 12.6. The van der Waals surface area contributed by atoms with Crippen LogP contribution in [0.15, 0.2) is 24.5 Å². The van der Waals surface area contributed by atoms with E-state index in [1.165, 1.54) is 0 Å². The van der Waals surface area contributed by atoms with Crippen LogP contribution >= 0.6 is 0 Å². The van der Waals surface area contributed by atoms with Crippen molar-refractivity contribution in [1.82, 2.24) is 15.6 Å². The van der Waals surface area contributed by atoms with Gasteiger partial charge in [-0.05, 0) is 29.5 Å². The number of carbonyl (C=O) groups excluding carboxylic acids is 1. The molecule has 1 aromatic heterocycles. The van der Waals surface area contributed by atoms with Crippen molar-refractivity contribution >= 4 is 12.0 Å². The standard InChI is InChI=1S/C14H21N3O3/c1-14(2,3)11(12(18)19)17-13(20)16-9-6-10-4-7-15-8-5-10/h4-5,7-8,11H,6,9H2,1-3H3,(H,18,19)(H2,16,17,20)/t11-/m0/s1. The number of urea groups is 1. The summed E-state index contributed by atoms with van der Waals surface area (Å²) < 4.78 is 0. The highest BCUT2D eigenvalue weighted by Crippen LogP contribution is 2.19. The maximum absolute atomic E-state index is 11.7. The number of aromatic nitrogens is 1. The molecule has 0 aliphatic heterocycles. The first kappa shape index (κ1) is 15.9. The summed E-state index contributed by atoms with van der Waals surface area (Å²) in [4.78, 5) is 26.7. The topological polar surface area (TPSA) is 91.3 Å². The molecule has 2 amide bonds. The Hall–Kier alpha value is -2.11. The minimum absolute atomic E-state index is 0.437. The summed E-state index contributed by atoms with van der Waals surface area (Å²) >= 11 is 0. The van der Waals surface area contributed by atoms with Gasteiger partial charge in [-0.3, -0.25) is 4.98 Å². The summed E-state index contributed by atoms with van der Waals surface area (Å²) in [5.74, 6) is -1.04. The zero-order chi connectivity index (χ0) is 15.2. The number of carboxylic acid groups (broad SMARTS) is 1. The van der Waals surface area contributed by atoms with Crippen LogP contribution in [0.25, 0.3) is 0 Å². The maximum atomic E-state index is 11.7. The zero-order valence-corrected chi connectivity index (χ0v) is 12.0. The van der Waals surface area contributed by atoms with Gasteiger partial charge >= 0.3 is 12.0 Å². The van der Waals surface area contributed by atoms with E-state index >= 15 is 0 Å². The molecule has 110 valence electrons. The molecule has 0 radical (unpaired) electrons. The van der Waals surface area contributed by atoms with Crippen molar-refractivity contribution < 1.29 is 14.7 Å². The van der Waals surface area contributed by atoms with Crippen molar-refractivity contribution in [2.45, 2.75) is 33.2 Å². The van der Waals surface area contributed by atoms with E-state index in [-0.39, 0.29) is 0 Å². The SMILES string of the molecule is CC(C)(C)[C@@H](NC(=O)NCCc1ccncc1)C(=O)O. The number of rotatable bonds is 5. The van der Waals surface area contributed by atoms with Crippen LogP contribution in [0, 0.1) is 5.41 Å². The lowest BCUT2D eigenvalue weighted by Gasteiger charge is -2.27. The summed E-state index contributed by atoms with van der Waals surface area (Å²) in [5.41, 5.74) is 0.514. The first-order valence-corrected chi connectivity index (χ1v) is 6.47. The molecule has 6 nitrogen and oxygen atoms in total. The highest BCUT2D eigenvalue weighted by atomic mass is 16.4. The van der Waals surface area contributed by atoms with E-state index in [0.29, 0.717) is 13.0 Å². The number of nitrogens with zero attached hydrogens (tertiary/aromatic N) is 1. The van der Waals surface area contributed by atoms with Gasteiger partial charge in [0.15, 0.2) is 0 Å². The van der Waals surface area contributed by atoms with E-state index in [2.05, 4.69) is 15.6 Å². The summed E-state index contributed by atoms with van der Waals surface area (Å²) in [6, 6.07) is 2.34. The molecular weight excluding hydrogens is 258 g/mol. The van der Waals surface area contributed by atoms with E-state index in [1.54, 1.807) is 33.2 Å². The Kier molecular flexibility index (Phi) is 5.49. The van der Waals surface area contributed by atoms with Crippen LogP contribution in [-0.4, -0.2) is 34.7 Å². The van der Waals surface area contributed by atoms with Crippen LogP contribution in [0.5, 0.6) is 0 Å². The van der Waals surface area contributed by atoms with Gasteiger partial charge in [-0.2, -0.15) is 0 Å². The fourth-order valence-electron chi connectivity index (χ4n) is 1.70. The summed E-state index contributed by atoms with van der Waals surface area (Å²) in [6.07, 6.45) is 4.05. The predicted molar refractivity (Wildman–Crippen MR) is 75.4 cm³/mol. The number of hydrogen-bond donors (Lipinski definition) is 3. The number of aliphatic carboxylic acids is 1. The average molecular weight is 279 g/mol. The van der Waals surface area contributed by atoms with Crippen LogP contribution in [0.3, 0.4) is 0 Å². The summed E-state index contributed by atoms with van der Waals surface area (Å²) in [7, 11) is 0. The first-order chi connectivity index (χ1) is 9.30. The largest absolute Gasteiger partial charge is 0.480 e. The number of carboxylic acids is 1. The van der Waals surface area contributed by atoms with E-state index in [0.717, 1.165) is 5.56 Å². The van der Waals surface area contributed by atoms with Gasteiger partial charge in [0, 0.05) is 18.9 Å². The van der Waals surface area contributed by atoms with E-state index in [4.69, 9.17) is 5.11 Å². The van der Waals surface area contributed by atoms with Gasteiger partial charge in [0.05, 0.1) is 0 Å². The van der Waals surface area contributed by atoms with Crippen molar-refractivity contribution in [3.8, 4) is 0 Å². The van der Waals surface area contributed by atoms with Gasteiger partial charge in [0.25, 0.3) is 0 Å². The van der Waals surface area contributed by atoms with Crippen molar-refractivity contribution in [2.24, 2.45) is 5.41 Å². The fraction of sp³-hybridized carbons (Fsp3) is 0.500. The van der Waals surface area contributed by atoms with Gasteiger partial charge < -0.3 is 15.7 Å². The number of amides is 2. The molecule has 0 fully saturated rings. The number of hydrogen-bond acceptors (Lipinski definition) is 3. The highest BCUT2D eigenvalue weighted by Gasteiger charge is 2.32. The van der Waals surface area contributed by atoms with Gasteiger partial charge in [-0.1, -0.05) is 20.8 Å². The lowest BCUT2D eigenvalue weighted by Crippen LogP contribution is -2.52. The molecule has 0 spiro atoms. The second-order valence-electron chi connectivity index (χ2n) is 5.64. The van der Waals surface area contributed by atoms with Gasteiger partial charge in [0.2, 0.25) is 0 Å². The van der Waals surface area contributed by atoms with Gasteiger partial charge in [0.1, 0.15) is 6.04 Å². The number of carbonyl (C=O) groups is 2. The molecule has 1 aromatic rings. The third kappa shape index (κ3) is 5.26. The smallest absolute Gasteiger partial charge is 0.326 e.